The average Bonchev–Trinajstić information content (AvgIpc) is 3.13. The summed E-state index contributed by atoms with van der Waals surface area (Å²) in [6.45, 7) is 1.39. The third-order valence-corrected chi connectivity index (χ3v) is 5.69. The van der Waals surface area contributed by atoms with E-state index < -0.39 is 0 Å². The van der Waals surface area contributed by atoms with Crippen molar-refractivity contribution in [3.63, 3.8) is 0 Å². The lowest BCUT2D eigenvalue weighted by Crippen LogP contribution is -2.38. The quantitative estimate of drug-likeness (QED) is 0.740. The minimum absolute atomic E-state index is 0.0910. The van der Waals surface area contributed by atoms with Crippen LogP contribution in [0.4, 0.5) is 0 Å². The molecule has 1 saturated carbocycles. The SMILES string of the molecule is CN(C(=O)c1ccc(OCC2CCCO2)c(Br)c1)C1CCCCC1. The predicted octanol–water partition coefficient (Wildman–Crippen LogP) is 4.41. The van der Waals surface area contributed by atoms with E-state index in [0.717, 1.165) is 42.5 Å². The zero-order valence-electron chi connectivity index (χ0n) is 14.3. The van der Waals surface area contributed by atoms with E-state index in [-0.39, 0.29) is 12.0 Å². The van der Waals surface area contributed by atoms with Crippen LogP contribution in [0.15, 0.2) is 22.7 Å². The summed E-state index contributed by atoms with van der Waals surface area (Å²) >= 11 is 3.53. The Hall–Kier alpha value is -1.07. The lowest BCUT2D eigenvalue weighted by Gasteiger charge is -2.31. The molecule has 4 nitrogen and oxygen atoms in total. The number of rotatable bonds is 5. The number of nitrogens with zero attached hydrogens (tertiary/aromatic N) is 1. The fraction of sp³-hybridized carbons (Fsp3) is 0.632. The van der Waals surface area contributed by atoms with Crippen molar-refractivity contribution in [1.29, 1.82) is 0 Å². The summed E-state index contributed by atoms with van der Waals surface area (Å²) in [6, 6.07) is 5.98. The Bertz CT molecular complexity index is 566. The largest absolute Gasteiger partial charge is 0.490 e. The Morgan fingerprint density at radius 2 is 2.04 bits per heavy atom. The maximum absolute atomic E-state index is 12.7. The van der Waals surface area contributed by atoms with E-state index in [0.29, 0.717) is 18.2 Å². The molecule has 132 valence electrons. The van der Waals surface area contributed by atoms with Gasteiger partial charge >= 0.3 is 0 Å². The fourth-order valence-electron chi connectivity index (χ4n) is 3.55. The number of halogens is 1. The monoisotopic (exact) mass is 395 g/mol. The highest BCUT2D eigenvalue weighted by molar-refractivity contribution is 9.10. The van der Waals surface area contributed by atoms with Gasteiger partial charge in [-0.25, -0.2) is 0 Å². The second kappa shape index (κ2) is 8.34. The van der Waals surface area contributed by atoms with E-state index in [1.54, 1.807) is 0 Å². The number of carbonyl (C=O) groups excluding carboxylic acids is 1. The van der Waals surface area contributed by atoms with Gasteiger partial charge in [-0.2, -0.15) is 0 Å². The van der Waals surface area contributed by atoms with Crippen molar-refractivity contribution in [2.24, 2.45) is 0 Å². The zero-order valence-corrected chi connectivity index (χ0v) is 15.9. The first-order chi connectivity index (χ1) is 11.6. The molecule has 0 bridgehead atoms. The van der Waals surface area contributed by atoms with E-state index in [1.165, 1.54) is 19.3 Å². The number of hydrogen-bond donors (Lipinski definition) is 0. The molecule has 1 heterocycles. The number of ether oxygens (including phenoxy) is 2. The maximum Gasteiger partial charge on any atom is 0.253 e. The topological polar surface area (TPSA) is 38.8 Å². The van der Waals surface area contributed by atoms with Gasteiger partial charge in [0.15, 0.2) is 0 Å². The highest BCUT2D eigenvalue weighted by Gasteiger charge is 2.23. The van der Waals surface area contributed by atoms with Crippen molar-refractivity contribution in [3.8, 4) is 5.75 Å². The molecule has 1 unspecified atom stereocenters. The molecule has 1 saturated heterocycles. The minimum atomic E-state index is 0.0910. The highest BCUT2D eigenvalue weighted by atomic mass is 79.9. The lowest BCUT2D eigenvalue weighted by atomic mass is 9.94. The molecule has 1 amide bonds. The molecule has 0 N–H and O–H groups in total. The molecule has 5 heteroatoms. The first-order valence-corrected chi connectivity index (χ1v) is 9.75. The molecule has 3 rings (SSSR count). The van der Waals surface area contributed by atoms with Crippen LogP contribution >= 0.6 is 15.9 Å². The van der Waals surface area contributed by atoms with Crippen molar-refractivity contribution < 1.29 is 14.3 Å². The minimum Gasteiger partial charge on any atom is -0.490 e. The summed E-state index contributed by atoms with van der Waals surface area (Å²) in [5, 5.41) is 0. The average molecular weight is 396 g/mol. The summed E-state index contributed by atoms with van der Waals surface area (Å²) in [5.41, 5.74) is 0.708. The first kappa shape index (κ1) is 17.7. The molecule has 1 aromatic rings. The second-order valence-corrected chi connectivity index (χ2v) is 7.65. The van der Waals surface area contributed by atoms with Gasteiger partial charge in [-0.1, -0.05) is 19.3 Å². The normalized spacial score (nSPS) is 21.7. The van der Waals surface area contributed by atoms with Crippen LogP contribution in [0.25, 0.3) is 0 Å². The Morgan fingerprint density at radius 3 is 2.71 bits per heavy atom. The molecular formula is C19H26BrNO3. The van der Waals surface area contributed by atoms with Gasteiger partial charge in [0.25, 0.3) is 5.91 Å². The summed E-state index contributed by atoms with van der Waals surface area (Å²) in [5.74, 6) is 0.857. The Morgan fingerprint density at radius 1 is 1.25 bits per heavy atom. The van der Waals surface area contributed by atoms with Gasteiger partial charge in [-0.15, -0.1) is 0 Å². The molecule has 2 fully saturated rings. The van der Waals surface area contributed by atoms with Crippen LogP contribution in [0.2, 0.25) is 0 Å². The summed E-state index contributed by atoms with van der Waals surface area (Å²) in [6.07, 6.45) is 8.33. The molecule has 1 aromatic carbocycles. The first-order valence-electron chi connectivity index (χ1n) is 8.96. The molecule has 0 spiro atoms. The maximum atomic E-state index is 12.7. The second-order valence-electron chi connectivity index (χ2n) is 6.80. The van der Waals surface area contributed by atoms with E-state index in [4.69, 9.17) is 9.47 Å². The van der Waals surface area contributed by atoms with Crippen LogP contribution in [0.3, 0.4) is 0 Å². The molecular weight excluding hydrogens is 370 g/mol. The molecule has 2 aliphatic rings. The van der Waals surface area contributed by atoms with Gasteiger partial charge in [-0.05, 0) is 59.8 Å². The molecule has 0 aromatic heterocycles. The van der Waals surface area contributed by atoms with Crippen molar-refractivity contribution in [2.45, 2.75) is 57.1 Å². The Kier molecular flexibility index (Phi) is 6.17. The Labute approximate surface area is 152 Å². The van der Waals surface area contributed by atoms with Crippen LogP contribution in [-0.4, -0.2) is 43.2 Å². The summed E-state index contributed by atoms with van der Waals surface area (Å²) in [7, 11) is 1.92. The highest BCUT2D eigenvalue weighted by Crippen LogP contribution is 2.29. The van der Waals surface area contributed by atoms with E-state index >= 15 is 0 Å². The predicted molar refractivity (Wildman–Crippen MR) is 97.6 cm³/mol. The van der Waals surface area contributed by atoms with Crippen molar-refractivity contribution in [2.75, 3.05) is 20.3 Å². The molecule has 0 radical (unpaired) electrons. The molecule has 1 aliphatic carbocycles. The van der Waals surface area contributed by atoms with Crippen molar-refractivity contribution in [3.05, 3.63) is 28.2 Å². The standard InChI is InChI=1S/C19H26BrNO3/c1-21(15-6-3-2-4-7-15)19(22)14-9-10-18(17(20)12-14)24-13-16-8-5-11-23-16/h9-10,12,15-16H,2-8,11,13H2,1H3. The lowest BCUT2D eigenvalue weighted by molar-refractivity contribution is 0.0673. The van der Waals surface area contributed by atoms with Crippen LogP contribution < -0.4 is 4.74 Å². The third kappa shape index (κ3) is 4.31. The van der Waals surface area contributed by atoms with Crippen molar-refractivity contribution in [1.82, 2.24) is 4.90 Å². The van der Waals surface area contributed by atoms with Gasteiger partial charge in [0.05, 0.1) is 10.6 Å². The Balaban J connectivity index is 1.61. The number of hydrogen-bond acceptors (Lipinski definition) is 3. The molecule has 24 heavy (non-hydrogen) atoms. The van der Waals surface area contributed by atoms with E-state index in [1.807, 2.05) is 30.1 Å². The molecule has 1 aliphatic heterocycles. The number of carbonyl (C=O) groups is 1. The van der Waals surface area contributed by atoms with Crippen LogP contribution in [-0.2, 0) is 4.74 Å². The smallest absolute Gasteiger partial charge is 0.253 e. The van der Waals surface area contributed by atoms with Crippen LogP contribution in [0.5, 0.6) is 5.75 Å². The van der Waals surface area contributed by atoms with Gasteiger partial charge in [0.2, 0.25) is 0 Å². The van der Waals surface area contributed by atoms with Crippen LogP contribution in [0.1, 0.15) is 55.3 Å². The van der Waals surface area contributed by atoms with Crippen LogP contribution in [0, 0.1) is 0 Å². The van der Waals surface area contributed by atoms with Crippen molar-refractivity contribution >= 4 is 21.8 Å². The van der Waals surface area contributed by atoms with Gasteiger partial charge in [0, 0.05) is 25.3 Å². The number of benzene rings is 1. The van der Waals surface area contributed by atoms with Gasteiger partial charge < -0.3 is 14.4 Å². The van der Waals surface area contributed by atoms with E-state index in [2.05, 4.69) is 15.9 Å². The number of amides is 1. The van der Waals surface area contributed by atoms with Gasteiger partial charge in [-0.3, -0.25) is 4.79 Å². The fourth-order valence-corrected chi connectivity index (χ4v) is 4.04. The third-order valence-electron chi connectivity index (χ3n) is 5.07. The zero-order chi connectivity index (χ0) is 16.9. The van der Waals surface area contributed by atoms with Gasteiger partial charge in [0.1, 0.15) is 12.4 Å². The summed E-state index contributed by atoms with van der Waals surface area (Å²) in [4.78, 5) is 14.6. The summed E-state index contributed by atoms with van der Waals surface area (Å²) < 4.78 is 12.2. The van der Waals surface area contributed by atoms with E-state index in [9.17, 15) is 4.79 Å². The molecule has 1 atom stereocenters.